The summed E-state index contributed by atoms with van der Waals surface area (Å²) >= 11 is 0. The van der Waals surface area contributed by atoms with Crippen molar-refractivity contribution in [2.45, 2.75) is 25.1 Å². The number of hydrogen-bond acceptors (Lipinski definition) is 7. The molecule has 2 aliphatic rings. The average molecular weight is 376 g/mol. The molecule has 148 valence electrons. The zero-order chi connectivity index (χ0) is 19.1. The first-order valence-electron chi connectivity index (χ1n) is 9.45. The fourth-order valence-corrected chi connectivity index (χ4v) is 3.73. The van der Waals surface area contributed by atoms with E-state index in [1.807, 2.05) is 18.2 Å². The van der Waals surface area contributed by atoms with Crippen molar-refractivity contribution < 1.29 is 19.1 Å². The Morgan fingerprint density at radius 3 is 2.67 bits per heavy atom. The Morgan fingerprint density at radius 1 is 1.26 bits per heavy atom. The SMILES string of the molecule is COC(=O)C(NC=O)Oc1cccc(N2CCN(C3CCNCC3)CC2)c1. The largest absolute Gasteiger partial charge is 0.465 e. The number of amides is 1. The fourth-order valence-electron chi connectivity index (χ4n) is 3.73. The van der Waals surface area contributed by atoms with Crippen LogP contribution in [-0.2, 0) is 14.3 Å². The predicted octanol–water partition coefficient (Wildman–Crippen LogP) is 0.185. The molecule has 3 rings (SSSR count). The van der Waals surface area contributed by atoms with E-state index in [0.717, 1.165) is 45.0 Å². The van der Waals surface area contributed by atoms with Gasteiger partial charge in [0.1, 0.15) is 5.75 Å². The lowest BCUT2D eigenvalue weighted by Gasteiger charge is -2.41. The number of benzene rings is 1. The van der Waals surface area contributed by atoms with Crippen LogP contribution in [0.4, 0.5) is 5.69 Å². The first-order chi connectivity index (χ1) is 13.2. The molecule has 2 N–H and O–H groups in total. The average Bonchev–Trinajstić information content (AvgIpc) is 2.74. The Labute approximate surface area is 159 Å². The van der Waals surface area contributed by atoms with Crippen LogP contribution in [0.2, 0.25) is 0 Å². The van der Waals surface area contributed by atoms with Crippen molar-refractivity contribution in [2.24, 2.45) is 0 Å². The zero-order valence-electron chi connectivity index (χ0n) is 15.7. The van der Waals surface area contributed by atoms with Crippen molar-refractivity contribution in [1.29, 1.82) is 0 Å². The number of nitrogens with zero attached hydrogens (tertiary/aromatic N) is 2. The van der Waals surface area contributed by atoms with Gasteiger partial charge in [-0.05, 0) is 38.1 Å². The molecule has 1 unspecified atom stereocenters. The summed E-state index contributed by atoms with van der Waals surface area (Å²) in [6.45, 7) is 6.24. The van der Waals surface area contributed by atoms with E-state index in [-0.39, 0.29) is 0 Å². The third kappa shape index (κ3) is 5.11. The van der Waals surface area contributed by atoms with Crippen molar-refractivity contribution in [3.8, 4) is 5.75 Å². The van der Waals surface area contributed by atoms with Crippen LogP contribution in [-0.4, -0.2) is 75.9 Å². The Balaban J connectivity index is 1.59. The highest BCUT2D eigenvalue weighted by Crippen LogP contribution is 2.24. The van der Waals surface area contributed by atoms with Crippen LogP contribution in [0, 0.1) is 0 Å². The van der Waals surface area contributed by atoms with E-state index in [1.165, 1.54) is 20.0 Å². The lowest BCUT2D eigenvalue weighted by Crippen LogP contribution is -2.52. The Bertz CT molecular complexity index is 628. The summed E-state index contributed by atoms with van der Waals surface area (Å²) in [5, 5.41) is 5.74. The van der Waals surface area contributed by atoms with Crippen LogP contribution < -0.4 is 20.3 Å². The second-order valence-corrected chi connectivity index (χ2v) is 6.81. The molecule has 1 amide bonds. The molecule has 0 bridgehead atoms. The highest BCUT2D eigenvalue weighted by atomic mass is 16.6. The summed E-state index contributed by atoms with van der Waals surface area (Å²) in [4.78, 5) is 27.3. The molecule has 2 heterocycles. The van der Waals surface area contributed by atoms with E-state index in [1.54, 1.807) is 6.07 Å². The lowest BCUT2D eigenvalue weighted by atomic mass is 10.0. The molecule has 27 heavy (non-hydrogen) atoms. The van der Waals surface area contributed by atoms with Crippen LogP contribution in [0.25, 0.3) is 0 Å². The summed E-state index contributed by atoms with van der Waals surface area (Å²) in [5.41, 5.74) is 1.05. The molecular weight excluding hydrogens is 348 g/mol. The molecule has 1 aromatic rings. The third-order valence-electron chi connectivity index (χ3n) is 5.21. The quantitative estimate of drug-likeness (QED) is 0.399. The van der Waals surface area contributed by atoms with Gasteiger partial charge in [-0.3, -0.25) is 9.69 Å². The van der Waals surface area contributed by atoms with Crippen LogP contribution in [0.3, 0.4) is 0 Å². The second kappa shape index (κ2) is 9.57. The summed E-state index contributed by atoms with van der Waals surface area (Å²) in [6.07, 6.45) is 1.72. The van der Waals surface area contributed by atoms with Crippen molar-refractivity contribution >= 4 is 18.1 Å². The van der Waals surface area contributed by atoms with Crippen LogP contribution in [0.5, 0.6) is 5.75 Å². The fraction of sp³-hybridized carbons (Fsp3) is 0.579. The summed E-state index contributed by atoms with van der Waals surface area (Å²) in [7, 11) is 1.25. The van der Waals surface area contributed by atoms with Gasteiger partial charge in [-0.25, -0.2) is 4.79 Å². The van der Waals surface area contributed by atoms with Gasteiger partial charge in [-0.1, -0.05) is 6.07 Å². The number of rotatable bonds is 7. The first kappa shape index (κ1) is 19.4. The minimum Gasteiger partial charge on any atom is -0.465 e. The maximum Gasteiger partial charge on any atom is 0.368 e. The molecule has 0 saturated carbocycles. The molecule has 2 aliphatic heterocycles. The van der Waals surface area contributed by atoms with Crippen molar-refractivity contribution in [2.75, 3.05) is 51.3 Å². The van der Waals surface area contributed by atoms with E-state index in [0.29, 0.717) is 18.2 Å². The van der Waals surface area contributed by atoms with Crippen LogP contribution in [0.15, 0.2) is 24.3 Å². The topological polar surface area (TPSA) is 83.1 Å². The van der Waals surface area contributed by atoms with Gasteiger partial charge in [-0.15, -0.1) is 0 Å². The second-order valence-electron chi connectivity index (χ2n) is 6.81. The number of piperidine rings is 1. The minimum atomic E-state index is -1.15. The normalized spacial score (nSPS) is 20.0. The van der Waals surface area contributed by atoms with Gasteiger partial charge in [-0.2, -0.15) is 0 Å². The van der Waals surface area contributed by atoms with Crippen LogP contribution in [0.1, 0.15) is 12.8 Å². The molecule has 2 fully saturated rings. The maximum atomic E-state index is 11.7. The van der Waals surface area contributed by atoms with E-state index in [2.05, 4.69) is 25.2 Å². The van der Waals surface area contributed by atoms with E-state index < -0.39 is 12.2 Å². The van der Waals surface area contributed by atoms with Gasteiger partial charge in [0.05, 0.1) is 7.11 Å². The molecule has 0 aromatic heterocycles. The van der Waals surface area contributed by atoms with Gasteiger partial charge in [0.15, 0.2) is 0 Å². The number of esters is 1. The number of nitrogens with one attached hydrogen (secondary N) is 2. The van der Waals surface area contributed by atoms with Gasteiger partial charge in [0.25, 0.3) is 6.23 Å². The molecule has 1 aromatic carbocycles. The predicted molar refractivity (Wildman–Crippen MR) is 102 cm³/mol. The monoisotopic (exact) mass is 376 g/mol. The van der Waals surface area contributed by atoms with Crippen LogP contribution >= 0.6 is 0 Å². The number of hydrogen-bond donors (Lipinski definition) is 2. The summed E-state index contributed by atoms with van der Waals surface area (Å²) in [5.74, 6) is -0.138. The number of piperazine rings is 1. The van der Waals surface area contributed by atoms with Crippen molar-refractivity contribution in [1.82, 2.24) is 15.5 Å². The lowest BCUT2D eigenvalue weighted by molar-refractivity contribution is -0.151. The molecule has 0 aliphatic carbocycles. The molecule has 0 spiro atoms. The summed E-state index contributed by atoms with van der Waals surface area (Å²) < 4.78 is 10.2. The highest BCUT2D eigenvalue weighted by Gasteiger charge is 2.25. The number of carbonyl (C=O) groups is 2. The Morgan fingerprint density at radius 2 is 2.00 bits per heavy atom. The smallest absolute Gasteiger partial charge is 0.368 e. The van der Waals surface area contributed by atoms with Crippen molar-refractivity contribution in [3.05, 3.63) is 24.3 Å². The summed E-state index contributed by atoms with van der Waals surface area (Å²) in [6, 6.07) is 8.27. The molecule has 8 heteroatoms. The molecule has 8 nitrogen and oxygen atoms in total. The maximum absolute atomic E-state index is 11.7. The molecular formula is C19H28N4O4. The molecule has 2 saturated heterocycles. The number of methoxy groups -OCH3 is 1. The zero-order valence-corrected chi connectivity index (χ0v) is 15.7. The standard InChI is InChI=1S/C19H28N4O4/c1-26-19(25)18(21-14-24)27-17-4-2-3-16(13-17)23-11-9-22(10-12-23)15-5-7-20-8-6-15/h2-4,13-15,18,20H,5-12H2,1H3,(H,21,24). The van der Waals surface area contributed by atoms with E-state index in [4.69, 9.17) is 4.74 Å². The Kier molecular flexibility index (Phi) is 6.89. The van der Waals surface area contributed by atoms with Gasteiger partial charge >= 0.3 is 5.97 Å². The Hall–Kier alpha value is -2.32. The van der Waals surface area contributed by atoms with Crippen molar-refractivity contribution in [3.63, 3.8) is 0 Å². The molecule has 0 radical (unpaired) electrons. The van der Waals surface area contributed by atoms with Gasteiger partial charge in [0.2, 0.25) is 6.41 Å². The third-order valence-corrected chi connectivity index (χ3v) is 5.21. The van der Waals surface area contributed by atoms with E-state index >= 15 is 0 Å². The number of carbonyl (C=O) groups excluding carboxylic acids is 2. The van der Waals surface area contributed by atoms with E-state index in [9.17, 15) is 9.59 Å². The minimum absolute atomic E-state index is 0.422. The highest BCUT2D eigenvalue weighted by molar-refractivity contribution is 5.77. The molecule has 1 atom stereocenters. The first-order valence-corrected chi connectivity index (χ1v) is 9.45. The van der Waals surface area contributed by atoms with Gasteiger partial charge in [0, 0.05) is 44.0 Å². The van der Waals surface area contributed by atoms with Gasteiger partial charge < -0.3 is 25.0 Å². The number of anilines is 1. The number of ether oxygens (including phenoxy) is 2.